The molecule has 0 saturated heterocycles. The summed E-state index contributed by atoms with van der Waals surface area (Å²) in [5.74, 6) is -1.95. The fourth-order valence-electron chi connectivity index (χ4n) is 14.1. The first kappa shape index (κ1) is 82.8. The summed E-state index contributed by atoms with van der Waals surface area (Å²) in [6.45, 7) is 30.6. The zero-order chi connectivity index (χ0) is 79.3. The van der Waals surface area contributed by atoms with Crippen molar-refractivity contribution in [1.82, 2.24) is 45.0 Å². The number of hydrogen-bond donors (Lipinski definition) is 2. The van der Waals surface area contributed by atoms with E-state index in [1.54, 1.807) is 28.0 Å². The lowest BCUT2D eigenvalue weighted by Crippen LogP contribution is -2.39. The second-order valence-electron chi connectivity index (χ2n) is 30.9. The second-order valence-corrected chi connectivity index (χ2v) is 31.3. The summed E-state index contributed by atoms with van der Waals surface area (Å²) in [6.07, 6.45) is 6.16. The molecule has 0 unspecified atom stereocenters. The number of carbonyl (C=O) groups is 2. The third-order valence-electron chi connectivity index (χ3n) is 19.4. The minimum Gasteiger partial charge on any atom is -0.486 e. The van der Waals surface area contributed by atoms with Crippen molar-refractivity contribution in [3.63, 3.8) is 0 Å². The third kappa shape index (κ3) is 20.0. The number of anilines is 4. The number of rotatable bonds is 10. The van der Waals surface area contributed by atoms with Gasteiger partial charge in [-0.05, 0) is 214 Å². The van der Waals surface area contributed by atoms with Crippen molar-refractivity contribution < 1.29 is 59.6 Å². The Balaban J connectivity index is 0.000000153. The van der Waals surface area contributed by atoms with Gasteiger partial charge in [0.2, 0.25) is 5.28 Å². The average molecular weight is 1580 g/mol. The largest absolute Gasteiger partial charge is 0.486 e. The normalized spacial score (nSPS) is 14.8. The monoisotopic (exact) mass is 1580 g/mol. The summed E-state index contributed by atoms with van der Waals surface area (Å²) >= 11 is 5.71. The molecule has 3 aromatic heterocycles. The molecule has 28 heteroatoms. The molecule has 0 atom stereocenters. The Hall–Kier alpha value is -10.2. The van der Waals surface area contributed by atoms with Crippen LogP contribution in [0, 0.1) is 34.9 Å². The van der Waals surface area contributed by atoms with Crippen molar-refractivity contribution in [1.29, 1.82) is 0 Å². The lowest BCUT2D eigenvalue weighted by molar-refractivity contribution is 0.0214. The molecule has 0 fully saturated rings. The summed E-state index contributed by atoms with van der Waals surface area (Å²) in [5.41, 5.74) is 17.7. The molecular weight excluding hydrogens is 1490 g/mol. The Labute approximate surface area is 660 Å². The first-order valence-electron chi connectivity index (χ1n) is 37.5. The number of hydrogen-bond acceptors (Lipinski definition) is 18. The van der Waals surface area contributed by atoms with Gasteiger partial charge in [0.25, 0.3) is 0 Å². The van der Waals surface area contributed by atoms with E-state index in [0.717, 1.165) is 72.7 Å². The quantitative estimate of drug-likeness (QED) is 0.0740. The third-order valence-corrected chi connectivity index (χ3v) is 19.6. The van der Waals surface area contributed by atoms with Gasteiger partial charge in [0.1, 0.15) is 59.8 Å². The van der Waals surface area contributed by atoms with Crippen molar-refractivity contribution >= 4 is 58.9 Å². The lowest BCUT2D eigenvalue weighted by atomic mass is 9.96. The highest BCUT2D eigenvalue weighted by Gasteiger charge is 2.32. The minimum absolute atomic E-state index is 0. The van der Waals surface area contributed by atoms with Crippen LogP contribution in [-0.2, 0) is 61.2 Å². The van der Waals surface area contributed by atoms with E-state index in [4.69, 9.17) is 41.0 Å². The predicted octanol–water partition coefficient (Wildman–Crippen LogP) is 16.8. The van der Waals surface area contributed by atoms with Crippen LogP contribution in [-0.4, -0.2) is 140 Å². The Morgan fingerprint density at radius 1 is 0.482 bits per heavy atom. The molecule has 9 aromatic rings. The van der Waals surface area contributed by atoms with E-state index in [1.807, 2.05) is 123 Å². The number of fused-ring (bicyclic) bond motifs is 6. The molecule has 112 heavy (non-hydrogen) atoms. The standard InChI is InChI=1S/C30H34F2N4O3.C25H26F2N4O.C15H14ClF2N3O.C14H20N2O2.ClH/c1-18(2)36-10-11-38-28-23(31)14-21(15-25(28)36)27-24(32)16-33-26(34-27)13-19-6-7-20-8-9-35(17-22(20)12-19)29(37)39-30(3,4)5;1-15(2)31-7-8-32-25-20(26)11-18(12-22(25)31)24-21(27)14-29-23(30-24)10-16-3-4-17-5-6-28-13-19(17)9-16;1-8(2)21-3-4-22-14-10(17)5-9(6-12(14)21)13-11(18)7-19-15(16)20-13;1-14(2,3)18-13(17)16-7-6-10-4-5-12(15)8-11(10)9-16;/h6-7,12,14-16,18H,8-11,13,17H2,1-5H3;3-4,9,11-12,14-15,28H,5-8,10,13H2,1-2H3;5-8H,3-4H2,1-2H3;4-5,8H,6-7,9,15H2,1-3H3;1H. The zero-order valence-corrected chi connectivity index (χ0v) is 66.6. The molecule has 6 aliphatic rings. The molecule has 0 bridgehead atoms. The van der Waals surface area contributed by atoms with Gasteiger partial charge in [-0.1, -0.05) is 42.5 Å². The van der Waals surface area contributed by atoms with E-state index in [0.29, 0.717) is 124 Å². The number of carbonyl (C=O) groups excluding carboxylic acids is 2. The van der Waals surface area contributed by atoms with Crippen molar-refractivity contribution in [2.24, 2.45) is 0 Å². The summed E-state index contributed by atoms with van der Waals surface area (Å²) in [5, 5.41) is 3.29. The van der Waals surface area contributed by atoms with E-state index in [9.17, 15) is 31.5 Å². The van der Waals surface area contributed by atoms with Crippen LogP contribution in [0.3, 0.4) is 0 Å². The van der Waals surface area contributed by atoms with Crippen LogP contribution in [0.4, 0.5) is 58.7 Å². The Kier molecular flexibility index (Phi) is 26.0. The number of ether oxygens (including phenoxy) is 5. The predicted molar refractivity (Wildman–Crippen MR) is 424 cm³/mol. The summed E-state index contributed by atoms with van der Waals surface area (Å²) in [6, 6.07) is 27.7. The van der Waals surface area contributed by atoms with E-state index in [2.05, 4.69) is 64.4 Å². The van der Waals surface area contributed by atoms with Crippen molar-refractivity contribution in [2.45, 2.75) is 164 Å². The maximum absolute atomic E-state index is 15.0. The highest BCUT2D eigenvalue weighted by molar-refractivity contribution is 6.28. The Bertz CT molecular complexity index is 4930. The SMILES string of the molecule is CC(C)(C)OC(=O)N1CCc2ccc(N)cc2C1.CC(C)N1CCOc2c(F)cc(-c3nc(Cc4ccc5c(c4)CN(C(=O)OC(C)(C)C)CC5)ncc3F)cc21.CC(C)N1CCOc2c(F)cc(-c3nc(Cc4ccc5c(c4)CNCC5)ncc3F)cc21.CC(C)N1CCOc2c(F)cc(-c3nc(Cl)ncc3F)cc21.Cl. The van der Waals surface area contributed by atoms with E-state index < -0.39 is 46.1 Å². The second kappa shape index (κ2) is 35.2. The van der Waals surface area contributed by atoms with Gasteiger partial charge in [0, 0.05) is 86.1 Å². The molecule has 6 aromatic carbocycles. The highest BCUT2D eigenvalue weighted by Crippen LogP contribution is 2.43. The molecule has 0 radical (unpaired) electrons. The number of nitrogens with one attached hydrogen (secondary N) is 1. The maximum atomic E-state index is 15.0. The van der Waals surface area contributed by atoms with Gasteiger partial charge in [-0.25, -0.2) is 65.8 Å². The smallest absolute Gasteiger partial charge is 0.410 e. The van der Waals surface area contributed by atoms with Crippen LogP contribution in [0.5, 0.6) is 17.2 Å². The molecule has 3 N–H and O–H groups in total. The van der Waals surface area contributed by atoms with Crippen LogP contribution in [0.1, 0.15) is 139 Å². The molecule has 594 valence electrons. The van der Waals surface area contributed by atoms with Crippen molar-refractivity contribution in [3.8, 4) is 51.0 Å². The van der Waals surface area contributed by atoms with Crippen LogP contribution in [0.2, 0.25) is 5.28 Å². The Morgan fingerprint density at radius 3 is 1.27 bits per heavy atom. The number of halogens is 8. The number of nitrogen functional groups attached to an aromatic ring is 1. The fraction of sp³-hybridized carbons (Fsp3) is 0.405. The number of amides is 2. The average Bonchev–Trinajstić information content (AvgIpc) is 0.780. The van der Waals surface area contributed by atoms with Crippen LogP contribution >= 0.6 is 24.0 Å². The molecule has 0 spiro atoms. The van der Waals surface area contributed by atoms with E-state index in [-0.39, 0.29) is 82.3 Å². The summed E-state index contributed by atoms with van der Waals surface area (Å²) < 4.78 is 115. The molecule has 0 saturated carbocycles. The van der Waals surface area contributed by atoms with Gasteiger partial charge < -0.3 is 59.2 Å². The molecule has 0 aliphatic carbocycles. The van der Waals surface area contributed by atoms with Gasteiger partial charge >= 0.3 is 12.2 Å². The first-order valence-corrected chi connectivity index (χ1v) is 37.8. The first-order chi connectivity index (χ1) is 52.8. The topological polar surface area (TPSA) is 212 Å². The number of aromatic nitrogens is 6. The summed E-state index contributed by atoms with van der Waals surface area (Å²) in [7, 11) is 0. The van der Waals surface area contributed by atoms with E-state index >= 15 is 4.39 Å². The molecular formula is C84H95Cl2F6N13O7. The van der Waals surface area contributed by atoms with Gasteiger partial charge in [-0.15, -0.1) is 12.4 Å². The van der Waals surface area contributed by atoms with Gasteiger partial charge in [0.05, 0.1) is 55.3 Å². The molecule has 15 rings (SSSR count). The lowest BCUT2D eigenvalue weighted by Gasteiger charge is -2.34. The van der Waals surface area contributed by atoms with Gasteiger partial charge in [-0.2, -0.15) is 0 Å². The molecule has 2 amide bonds. The molecule has 20 nitrogen and oxygen atoms in total. The number of nitrogens with zero attached hydrogens (tertiary/aromatic N) is 11. The van der Waals surface area contributed by atoms with Gasteiger partial charge in [0.15, 0.2) is 52.2 Å². The van der Waals surface area contributed by atoms with Crippen molar-refractivity contribution in [2.75, 3.05) is 79.5 Å². The van der Waals surface area contributed by atoms with E-state index in [1.165, 1.54) is 46.6 Å². The van der Waals surface area contributed by atoms with Crippen LogP contribution in [0.15, 0.2) is 110 Å². The molecule has 6 aliphatic heterocycles. The Morgan fingerprint density at radius 2 is 0.857 bits per heavy atom. The van der Waals surface area contributed by atoms with Gasteiger partial charge in [-0.3, -0.25) is 0 Å². The summed E-state index contributed by atoms with van der Waals surface area (Å²) in [4.78, 5) is 58.9. The number of nitrogens with two attached hydrogens (primary N) is 1. The van der Waals surface area contributed by atoms with Crippen LogP contribution < -0.4 is 40.0 Å². The van der Waals surface area contributed by atoms with Crippen molar-refractivity contribution in [3.05, 3.63) is 206 Å². The van der Waals surface area contributed by atoms with Crippen LogP contribution in [0.25, 0.3) is 33.8 Å². The number of benzene rings is 6. The fourth-order valence-corrected chi connectivity index (χ4v) is 14.3. The highest BCUT2D eigenvalue weighted by atomic mass is 35.5. The minimum atomic E-state index is -0.656. The zero-order valence-electron chi connectivity index (χ0n) is 65.1. The molecule has 9 heterocycles. The maximum Gasteiger partial charge on any atom is 0.410 e.